The number of hydrogen-bond acceptors (Lipinski definition) is 3. The van der Waals surface area contributed by atoms with Crippen molar-refractivity contribution in [1.82, 2.24) is 0 Å². The average molecular weight is 286 g/mol. The SMILES string of the molecule is CCCCCCCCCCCC(C(=O)O)C(=O)OCC. The highest BCUT2D eigenvalue weighted by Crippen LogP contribution is 2.15. The summed E-state index contributed by atoms with van der Waals surface area (Å²) in [7, 11) is 0. The molecule has 0 saturated heterocycles. The second-order valence-electron chi connectivity index (χ2n) is 5.26. The number of aliphatic carboxylic acids is 1. The predicted octanol–water partition coefficient (Wildman–Crippen LogP) is 4.17. The maximum Gasteiger partial charge on any atom is 0.320 e. The smallest absolute Gasteiger partial charge is 0.320 e. The number of carboxylic acids is 1. The first-order valence-electron chi connectivity index (χ1n) is 8.02. The monoisotopic (exact) mass is 286 g/mol. The second kappa shape index (κ2) is 12.9. The van der Waals surface area contributed by atoms with Gasteiger partial charge in [-0.1, -0.05) is 64.7 Å². The normalized spacial score (nSPS) is 12.1. The quantitative estimate of drug-likeness (QED) is 0.313. The van der Waals surface area contributed by atoms with Gasteiger partial charge in [-0.3, -0.25) is 9.59 Å². The number of carboxylic acid groups (broad SMARTS) is 1. The van der Waals surface area contributed by atoms with Gasteiger partial charge in [0.2, 0.25) is 0 Å². The van der Waals surface area contributed by atoms with Crippen molar-refractivity contribution in [3.8, 4) is 0 Å². The molecule has 0 aromatic heterocycles. The van der Waals surface area contributed by atoms with E-state index in [1.165, 1.54) is 38.5 Å². The Morgan fingerprint density at radius 3 is 1.85 bits per heavy atom. The van der Waals surface area contributed by atoms with Crippen molar-refractivity contribution in [2.75, 3.05) is 6.61 Å². The predicted molar refractivity (Wildman–Crippen MR) is 79.6 cm³/mol. The van der Waals surface area contributed by atoms with Crippen LogP contribution in [0.3, 0.4) is 0 Å². The van der Waals surface area contributed by atoms with E-state index in [0.717, 1.165) is 19.3 Å². The number of rotatable bonds is 13. The molecule has 0 aliphatic carbocycles. The third-order valence-corrected chi connectivity index (χ3v) is 3.47. The summed E-state index contributed by atoms with van der Waals surface area (Å²) in [4.78, 5) is 22.4. The van der Waals surface area contributed by atoms with Gasteiger partial charge in [-0.2, -0.15) is 0 Å². The molecule has 1 atom stereocenters. The molecule has 1 unspecified atom stereocenters. The molecule has 0 rings (SSSR count). The van der Waals surface area contributed by atoms with Crippen molar-refractivity contribution in [3.05, 3.63) is 0 Å². The van der Waals surface area contributed by atoms with Crippen molar-refractivity contribution in [1.29, 1.82) is 0 Å². The summed E-state index contributed by atoms with van der Waals surface area (Å²) >= 11 is 0. The minimum Gasteiger partial charge on any atom is -0.481 e. The summed E-state index contributed by atoms with van der Waals surface area (Å²) in [6.45, 7) is 4.14. The van der Waals surface area contributed by atoms with Crippen molar-refractivity contribution in [2.45, 2.75) is 78.1 Å². The van der Waals surface area contributed by atoms with Gasteiger partial charge in [0, 0.05) is 0 Å². The van der Waals surface area contributed by atoms with Crippen LogP contribution in [0.1, 0.15) is 78.1 Å². The lowest BCUT2D eigenvalue weighted by molar-refractivity contribution is -0.158. The fraction of sp³-hybridized carbons (Fsp3) is 0.875. The zero-order valence-electron chi connectivity index (χ0n) is 13.0. The van der Waals surface area contributed by atoms with E-state index < -0.39 is 17.9 Å². The fourth-order valence-electron chi connectivity index (χ4n) is 2.24. The van der Waals surface area contributed by atoms with Crippen LogP contribution in [0.4, 0.5) is 0 Å². The molecule has 0 aromatic carbocycles. The van der Waals surface area contributed by atoms with Gasteiger partial charge >= 0.3 is 11.9 Å². The number of carbonyl (C=O) groups excluding carboxylic acids is 1. The molecule has 0 saturated carbocycles. The highest BCUT2D eigenvalue weighted by atomic mass is 16.5. The van der Waals surface area contributed by atoms with E-state index in [1.54, 1.807) is 6.92 Å². The summed E-state index contributed by atoms with van der Waals surface area (Å²) in [6, 6.07) is 0. The van der Waals surface area contributed by atoms with Gasteiger partial charge in [0.1, 0.15) is 0 Å². The Labute approximate surface area is 122 Å². The van der Waals surface area contributed by atoms with Gasteiger partial charge in [-0.05, 0) is 13.3 Å². The Bertz CT molecular complexity index is 263. The van der Waals surface area contributed by atoms with Crippen LogP contribution in [-0.2, 0) is 14.3 Å². The largest absolute Gasteiger partial charge is 0.481 e. The third-order valence-electron chi connectivity index (χ3n) is 3.47. The summed E-state index contributed by atoms with van der Waals surface area (Å²) < 4.78 is 4.78. The highest BCUT2D eigenvalue weighted by molar-refractivity contribution is 5.93. The lowest BCUT2D eigenvalue weighted by Crippen LogP contribution is -2.25. The van der Waals surface area contributed by atoms with Gasteiger partial charge in [-0.15, -0.1) is 0 Å². The average Bonchev–Trinajstić information content (AvgIpc) is 2.40. The van der Waals surface area contributed by atoms with Gasteiger partial charge < -0.3 is 9.84 Å². The standard InChI is InChI=1S/C16H30O4/c1-3-5-6-7-8-9-10-11-12-13-14(15(17)18)16(19)20-4-2/h14H,3-13H2,1-2H3,(H,17,18). The second-order valence-corrected chi connectivity index (χ2v) is 5.26. The maximum absolute atomic E-state index is 11.4. The van der Waals surface area contributed by atoms with Crippen LogP contribution >= 0.6 is 0 Å². The molecule has 0 aromatic rings. The molecular formula is C16H30O4. The molecule has 20 heavy (non-hydrogen) atoms. The van der Waals surface area contributed by atoms with Crippen LogP contribution < -0.4 is 0 Å². The molecule has 0 amide bonds. The van der Waals surface area contributed by atoms with Gasteiger partial charge in [0.25, 0.3) is 0 Å². The summed E-state index contributed by atoms with van der Waals surface area (Å²) in [5, 5.41) is 8.99. The molecule has 4 nitrogen and oxygen atoms in total. The minimum absolute atomic E-state index is 0.236. The Hall–Kier alpha value is -1.06. The minimum atomic E-state index is -1.07. The zero-order chi connectivity index (χ0) is 15.2. The van der Waals surface area contributed by atoms with E-state index in [1.807, 2.05) is 0 Å². The molecule has 4 heteroatoms. The molecule has 0 bridgehead atoms. The van der Waals surface area contributed by atoms with Crippen LogP contribution in [0.2, 0.25) is 0 Å². The third kappa shape index (κ3) is 9.82. The van der Waals surface area contributed by atoms with Gasteiger partial charge in [0.15, 0.2) is 5.92 Å². The van der Waals surface area contributed by atoms with Gasteiger partial charge in [0.05, 0.1) is 6.61 Å². The molecule has 1 N–H and O–H groups in total. The fourth-order valence-corrected chi connectivity index (χ4v) is 2.24. The van der Waals surface area contributed by atoms with E-state index in [4.69, 9.17) is 9.84 Å². The molecule has 0 aliphatic rings. The van der Waals surface area contributed by atoms with Crippen LogP contribution in [0.25, 0.3) is 0 Å². The van der Waals surface area contributed by atoms with E-state index in [9.17, 15) is 9.59 Å². The van der Waals surface area contributed by atoms with Crippen molar-refractivity contribution in [3.63, 3.8) is 0 Å². The number of unbranched alkanes of at least 4 members (excludes halogenated alkanes) is 8. The van der Waals surface area contributed by atoms with Crippen molar-refractivity contribution in [2.24, 2.45) is 5.92 Å². The van der Waals surface area contributed by atoms with E-state index in [0.29, 0.717) is 6.42 Å². The van der Waals surface area contributed by atoms with Gasteiger partial charge in [-0.25, -0.2) is 0 Å². The lowest BCUT2D eigenvalue weighted by Gasteiger charge is -2.10. The van der Waals surface area contributed by atoms with Crippen molar-refractivity contribution < 1.29 is 19.4 Å². The molecule has 0 fully saturated rings. The maximum atomic E-state index is 11.4. The highest BCUT2D eigenvalue weighted by Gasteiger charge is 2.26. The molecule has 0 radical (unpaired) electrons. The lowest BCUT2D eigenvalue weighted by atomic mass is 10.00. The van der Waals surface area contributed by atoms with E-state index in [2.05, 4.69) is 6.92 Å². The number of carbonyl (C=O) groups is 2. The van der Waals surface area contributed by atoms with Crippen LogP contribution in [0, 0.1) is 5.92 Å². The van der Waals surface area contributed by atoms with Crippen LogP contribution in [0.5, 0.6) is 0 Å². The first-order valence-corrected chi connectivity index (χ1v) is 8.02. The Morgan fingerprint density at radius 2 is 1.40 bits per heavy atom. The van der Waals surface area contributed by atoms with E-state index in [-0.39, 0.29) is 6.61 Å². The topological polar surface area (TPSA) is 63.6 Å². The Kier molecular flexibility index (Phi) is 12.3. The molecule has 0 heterocycles. The number of ether oxygens (including phenoxy) is 1. The number of esters is 1. The summed E-state index contributed by atoms with van der Waals surface area (Å²) in [5.41, 5.74) is 0. The zero-order valence-corrected chi connectivity index (χ0v) is 13.0. The first kappa shape index (κ1) is 18.9. The summed E-state index contributed by atoms with van der Waals surface area (Å²) in [5.74, 6) is -2.65. The molecule has 0 spiro atoms. The molecule has 0 aliphatic heterocycles. The van der Waals surface area contributed by atoms with Crippen LogP contribution in [-0.4, -0.2) is 23.7 Å². The number of hydrogen-bond donors (Lipinski definition) is 1. The Morgan fingerprint density at radius 1 is 0.900 bits per heavy atom. The van der Waals surface area contributed by atoms with Crippen molar-refractivity contribution >= 4 is 11.9 Å². The summed E-state index contributed by atoms with van der Waals surface area (Å²) in [6.07, 6.45) is 11.0. The van der Waals surface area contributed by atoms with E-state index >= 15 is 0 Å². The molecule has 118 valence electrons. The Balaban J connectivity index is 3.59. The van der Waals surface area contributed by atoms with Crippen LogP contribution in [0.15, 0.2) is 0 Å². The first-order chi connectivity index (χ1) is 9.63. The molecular weight excluding hydrogens is 256 g/mol.